The van der Waals surface area contributed by atoms with Crippen molar-refractivity contribution < 1.29 is 4.79 Å². The number of aromatic amines is 1. The van der Waals surface area contributed by atoms with E-state index >= 15 is 0 Å². The number of anilines is 1. The number of carbonyl (C=O) groups is 1. The van der Waals surface area contributed by atoms with E-state index < -0.39 is 6.04 Å². The van der Waals surface area contributed by atoms with E-state index in [2.05, 4.69) is 35.6 Å². The summed E-state index contributed by atoms with van der Waals surface area (Å²) in [5.74, 6) is -0.169. The number of aromatic nitrogens is 6. The van der Waals surface area contributed by atoms with Crippen LogP contribution in [0.3, 0.4) is 0 Å². The van der Waals surface area contributed by atoms with Crippen molar-refractivity contribution in [1.82, 2.24) is 34.8 Å². The van der Waals surface area contributed by atoms with Gasteiger partial charge in [0.1, 0.15) is 6.04 Å². The number of amides is 1. The maximum atomic E-state index is 13.1. The maximum Gasteiger partial charge on any atom is 0.294 e. The lowest BCUT2D eigenvalue weighted by molar-refractivity contribution is -0.124. The Hall–Kier alpha value is -3.79. The van der Waals surface area contributed by atoms with Crippen LogP contribution in [0.1, 0.15) is 29.5 Å². The van der Waals surface area contributed by atoms with E-state index in [1.54, 1.807) is 31.0 Å². The van der Waals surface area contributed by atoms with Crippen molar-refractivity contribution in [2.45, 2.75) is 32.0 Å². The summed E-state index contributed by atoms with van der Waals surface area (Å²) in [5.41, 5.74) is 2.63. The number of H-pyrrole nitrogens is 1. The summed E-state index contributed by atoms with van der Waals surface area (Å²) >= 11 is 6.34. The minimum atomic E-state index is -0.652. The van der Waals surface area contributed by atoms with Gasteiger partial charge in [0.25, 0.3) is 5.56 Å². The Morgan fingerprint density at radius 3 is 2.91 bits per heavy atom. The van der Waals surface area contributed by atoms with Crippen LogP contribution in [0.15, 0.2) is 47.9 Å². The van der Waals surface area contributed by atoms with Gasteiger partial charge in [0, 0.05) is 41.4 Å². The van der Waals surface area contributed by atoms with Crippen LogP contribution in [0.25, 0.3) is 10.9 Å². The first-order valence-corrected chi connectivity index (χ1v) is 10.5. The van der Waals surface area contributed by atoms with Gasteiger partial charge < -0.3 is 15.6 Å². The van der Waals surface area contributed by atoms with Crippen molar-refractivity contribution in [2.75, 3.05) is 5.32 Å². The Morgan fingerprint density at radius 2 is 2.09 bits per heavy atom. The summed E-state index contributed by atoms with van der Waals surface area (Å²) < 4.78 is 1.44. The van der Waals surface area contributed by atoms with Gasteiger partial charge in [-0.2, -0.15) is 0 Å². The van der Waals surface area contributed by atoms with Crippen molar-refractivity contribution >= 4 is 34.2 Å². The number of nitrogens with one attached hydrogen (secondary N) is 3. The number of pyridine rings is 1. The largest absolute Gasteiger partial charge is 0.360 e. The van der Waals surface area contributed by atoms with Crippen molar-refractivity contribution in [1.29, 1.82) is 0 Å². The van der Waals surface area contributed by atoms with Crippen LogP contribution < -0.4 is 16.2 Å². The van der Waals surface area contributed by atoms with E-state index in [1.165, 1.54) is 4.57 Å². The first-order chi connectivity index (χ1) is 15.6. The molecule has 4 aromatic heterocycles. The molecule has 0 spiro atoms. The van der Waals surface area contributed by atoms with Crippen molar-refractivity contribution in [3.05, 3.63) is 75.7 Å². The predicted molar refractivity (Wildman–Crippen MR) is 118 cm³/mol. The second-order valence-electron chi connectivity index (χ2n) is 7.45. The molecule has 1 aliphatic heterocycles. The van der Waals surface area contributed by atoms with Gasteiger partial charge in [-0.25, -0.2) is 4.98 Å². The lowest BCUT2D eigenvalue weighted by atomic mass is 10.2. The van der Waals surface area contributed by atoms with Crippen LogP contribution in [0, 0.1) is 0 Å². The molecule has 0 aromatic carbocycles. The van der Waals surface area contributed by atoms with Gasteiger partial charge in [-0.05, 0) is 25.0 Å². The summed E-state index contributed by atoms with van der Waals surface area (Å²) in [4.78, 5) is 45.7. The molecule has 0 bridgehead atoms. The third kappa shape index (κ3) is 3.80. The zero-order chi connectivity index (χ0) is 22.1. The SMILES string of the molecule is O=C(NCc1cc2cnccc2[nH]1)C1CCc2c(Cl)nc(NCc3cnccn3)c(=O)n21. The lowest BCUT2D eigenvalue weighted by Gasteiger charge is -2.16. The number of hydrogen-bond acceptors (Lipinski definition) is 7. The molecule has 162 valence electrons. The number of carbonyl (C=O) groups excluding carboxylic acids is 1. The fourth-order valence-corrected chi connectivity index (χ4v) is 4.16. The molecule has 1 unspecified atom stereocenters. The normalized spacial score (nSPS) is 15.0. The molecule has 3 N–H and O–H groups in total. The Kier molecular flexibility index (Phi) is 5.28. The van der Waals surface area contributed by atoms with E-state index in [0.29, 0.717) is 30.8 Å². The van der Waals surface area contributed by atoms with Crippen LogP contribution in [0.4, 0.5) is 5.82 Å². The number of halogens is 1. The lowest BCUT2D eigenvalue weighted by Crippen LogP contribution is -2.36. The van der Waals surface area contributed by atoms with E-state index in [1.807, 2.05) is 12.1 Å². The summed E-state index contributed by atoms with van der Waals surface area (Å²) in [6, 6.07) is 3.16. The van der Waals surface area contributed by atoms with E-state index in [-0.39, 0.29) is 29.0 Å². The minimum absolute atomic E-state index is 0.0761. The van der Waals surface area contributed by atoms with Gasteiger partial charge >= 0.3 is 0 Å². The van der Waals surface area contributed by atoms with Crippen LogP contribution >= 0.6 is 11.6 Å². The Bertz CT molecular complexity index is 1320. The summed E-state index contributed by atoms with van der Waals surface area (Å²) in [5, 5.41) is 7.05. The van der Waals surface area contributed by atoms with Gasteiger partial charge in [-0.3, -0.25) is 29.1 Å². The van der Waals surface area contributed by atoms with Crippen LogP contribution in [0.2, 0.25) is 5.15 Å². The fraction of sp³-hybridized carbons (Fsp3) is 0.238. The van der Waals surface area contributed by atoms with Gasteiger partial charge in [0.15, 0.2) is 11.0 Å². The molecule has 0 saturated carbocycles. The average Bonchev–Trinajstić information content (AvgIpc) is 3.44. The van der Waals surface area contributed by atoms with Crippen molar-refractivity contribution in [3.8, 4) is 0 Å². The Balaban J connectivity index is 1.34. The van der Waals surface area contributed by atoms with Gasteiger partial charge in [0.05, 0.1) is 30.7 Å². The molecule has 1 aliphatic rings. The molecule has 32 heavy (non-hydrogen) atoms. The molecular weight excluding hydrogens is 432 g/mol. The van der Waals surface area contributed by atoms with Crippen LogP contribution in [0.5, 0.6) is 0 Å². The standard InChI is InChI=1S/C21H19ClN8O2/c22-18-16-1-2-17(20(31)27-10-13-7-12-8-23-4-3-15(12)28-13)30(16)21(32)19(29-18)26-11-14-9-24-5-6-25-14/h3-9,17,28H,1-2,10-11H2,(H,26,29)(H,27,31). The van der Waals surface area contributed by atoms with Crippen LogP contribution in [-0.4, -0.2) is 35.4 Å². The minimum Gasteiger partial charge on any atom is -0.360 e. The molecule has 5 rings (SSSR count). The monoisotopic (exact) mass is 450 g/mol. The fourth-order valence-electron chi connectivity index (χ4n) is 3.89. The zero-order valence-corrected chi connectivity index (χ0v) is 17.6. The highest BCUT2D eigenvalue weighted by molar-refractivity contribution is 6.30. The van der Waals surface area contributed by atoms with Gasteiger partial charge in [-0.15, -0.1) is 0 Å². The van der Waals surface area contributed by atoms with E-state index in [0.717, 1.165) is 16.6 Å². The molecule has 1 atom stereocenters. The highest BCUT2D eigenvalue weighted by Crippen LogP contribution is 2.29. The third-order valence-electron chi connectivity index (χ3n) is 5.41. The highest BCUT2D eigenvalue weighted by Gasteiger charge is 2.32. The first kappa shape index (κ1) is 20.1. The van der Waals surface area contributed by atoms with Gasteiger partial charge in [0.2, 0.25) is 5.91 Å². The summed E-state index contributed by atoms with van der Waals surface area (Å²) in [7, 11) is 0. The third-order valence-corrected chi connectivity index (χ3v) is 5.72. The second kappa shape index (κ2) is 8.39. The zero-order valence-electron chi connectivity index (χ0n) is 16.9. The molecule has 1 amide bonds. The maximum absolute atomic E-state index is 13.1. The quantitative estimate of drug-likeness (QED) is 0.409. The molecule has 11 heteroatoms. The molecule has 0 fully saturated rings. The highest BCUT2D eigenvalue weighted by atomic mass is 35.5. The van der Waals surface area contributed by atoms with Crippen molar-refractivity contribution in [2.24, 2.45) is 0 Å². The number of fused-ring (bicyclic) bond motifs is 2. The Morgan fingerprint density at radius 1 is 1.22 bits per heavy atom. The summed E-state index contributed by atoms with van der Waals surface area (Å²) in [6.07, 6.45) is 9.17. The van der Waals surface area contributed by atoms with E-state index in [9.17, 15) is 9.59 Å². The number of hydrogen-bond donors (Lipinski definition) is 3. The average molecular weight is 451 g/mol. The predicted octanol–water partition coefficient (Wildman–Crippen LogP) is 1.98. The molecule has 0 radical (unpaired) electrons. The van der Waals surface area contributed by atoms with Gasteiger partial charge in [-0.1, -0.05) is 11.6 Å². The molecular formula is C21H19ClN8O2. The second-order valence-corrected chi connectivity index (χ2v) is 7.81. The van der Waals surface area contributed by atoms with Crippen molar-refractivity contribution in [3.63, 3.8) is 0 Å². The molecule has 0 saturated heterocycles. The molecule has 10 nitrogen and oxygen atoms in total. The summed E-state index contributed by atoms with van der Waals surface area (Å²) in [6.45, 7) is 0.572. The first-order valence-electron chi connectivity index (χ1n) is 10.1. The van der Waals surface area contributed by atoms with E-state index in [4.69, 9.17) is 11.6 Å². The Labute approximate surface area is 187 Å². The molecule has 5 heterocycles. The number of rotatable bonds is 6. The number of nitrogens with zero attached hydrogens (tertiary/aromatic N) is 5. The molecule has 4 aromatic rings. The van der Waals surface area contributed by atoms with Crippen LogP contribution in [-0.2, 0) is 24.3 Å². The molecule has 0 aliphatic carbocycles. The smallest absolute Gasteiger partial charge is 0.294 e. The topological polar surface area (TPSA) is 130 Å².